The van der Waals surface area contributed by atoms with Crippen LogP contribution < -0.4 is 10.1 Å². The molecule has 9 nitrogen and oxygen atoms in total. The first-order chi connectivity index (χ1) is 14.1. The van der Waals surface area contributed by atoms with Gasteiger partial charge in [-0.25, -0.2) is 9.78 Å². The minimum absolute atomic E-state index is 0.0179. The molecule has 10 heteroatoms. The van der Waals surface area contributed by atoms with Crippen LogP contribution in [0.1, 0.15) is 31.1 Å². The number of pyridine rings is 1. The summed E-state index contributed by atoms with van der Waals surface area (Å²) < 4.78 is 38.2. The molecule has 1 heterocycles. The maximum Gasteiger partial charge on any atom is 0.407 e. The molecule has 0 bridgehead atoms. The van der Waals surface area contributed by atoms with Crippen LogP contribution in [0.15, 0.2) is 48.7 Å². The first-order valence-corrected chi connectivity index (χ1v) is 11.1. The van der Waals surface area contributed by atoms with E-state index in [2.05, 4.69) is 10.3 Å². The molecule has 1 aromatic carbocycles. The van der Waals surface area contributed by atoms with Gasteiger partial charge in [-0.15, -0.1) is 0 Å². The highest BCUT2D eigenvalue weighted by atomic mass is 32.2. The monoisotopic (exact) mass is 438 g/mol. The predicted molar refractivity (Wildman–Crippen MR) is 109 cm³/mol. The number of alkyl carbamates (subject to hydrolysis) is 1. The fraction of sp³-hybridized carbons (Fsp3) is 0.400. The van der Waals surface area contributed by atoms with E-state index in [1.807, 2.05) is 32.0 Å². The van der Waals surface area contributed by atoms with E-state index in [4.69, 9.17) is 13.7 Å². The van der Waals surface area contributed by atoms with Crippen molar-refractivity contribution in [1.82, 2.24) is 10.3 Å². The maximum absolute atomic E-state index is 12.2. The van der Waals surface area contributed by atoms with Crippen LogP contribution in [0.4, 0.5) is 4.79 Å². The number of hydrogen-bond donors (Lipinski definition) is 2. The van der Waals surface area contributed by atoms with Crippen molar-refractivity contribution in [2.45, 2.75) is 38.7 Å². The minimum atomic E-state index is -3.79. The highest BCUT2D eigenvalue weighted by molar-refractivity contribution is 7.85. The summed E-state index contributed by atoms with van der Waals surface area (Å²) >= 11 is 0. The van der Waals surface area contributed by atoms with Gasteiger partial charge in [-0.1, -0.05) is 30.3 Å². The molecular formula is C20H26N2O7S. The summed E-state index contributed by atoms with van der Waals surface area (Å²) in [6, 6.07) is 11.0. The molecule has 1 unspecified atom stereocenters. The molecule has 0 aliphatic heterocycles. The largest absolute Gasteiger partial charge is 0.475 e. The SMILES string of the molecule is CC(C)Oc1cc(C(O)[C@@H](COS(C)(=O)=O)NC(=O)OCc2ccccc2)ccn1. The molecule has 0 radical (unpaired) electrons. The third kappa shape index (κ3) is 8.36. The van der Waals surface area contributed by atoms with Crippen LogP contribution in [0.2, 0.25) is 0 Å². The van der Waals surface area contributed by atoms with Crippen LogP contribution in [-0.2, 0) is 25.6 Å². The maximum atomic E-state index is 12.2. The van der Waals surface area contributed by atoms with Crippen molar-refractivity contribution in [3.8, 4) is 5.88 Å². The van der Waals surface area contributed by atoms with Gasteiger partial charge in [0.25, 0.3) is 10.1 Å². The van der Waals surface area contributed by atoms with Crippen LogP contribution >= 0.6 is 0 Å². The van der Waals surface area contributed by atoms with E-state index >= 15 is 0 Å². The Morgan fingerprint density at radius 2 is 1.90 bits per heavy atom. The molecule has 1 aromatic heterocycles. The Morgan fingerprint density at radius 1 is 1.20 bits per heavy atom. The highest BCUT2D eigenvalue weighted by Crippen LogP contribution is 2.21. The quantitative estimate of drug-likeness (QED) is 0.541. The lowest BCUT2D eigenvalue weighted by molar-refractivity contribution is 0.0825. The van der Waals surface area contributed by atoms with Gasteiger partial charge >= 0.3 is 6.09 Å². The second kappa shape index (κ2) is 10.9. The Balaban J connectivity index is 2.10. The highest BCUT2D eigenvalue weighted by Gasteiger charge is 2.26. The number of nitrogens with one attached hydrogen (secondary N) is 1. The van der Waals surface area contributed by atoms with Gasteiger partial charge < -0.3 is 19.9 Å². The molecule has 0 saturated heterocycles. The van der Waals surface area contributed by atoms with Crippen LogP contribution in [0.5, 0.6) is 5.88 Å². The number of aliphatic hydroxyl groups is 1. The van der Waals surface area contributed by atoms with E-state index in [9.17, 15) is 18.3 Å². The molecule has 1 amide bonds. The van der Waals surface area contributed by atoms with Crippen LogP contribution in [0, 0.1) is 0 Å². The average Bonchev–Trinajstić information content (AvgIpc) is 2.69. The van der Waals surface area contributed by atoms with Gasteiger partial charge in [-0.05, 0) is 31.0 Å². The molecule has 0 spiro atoms. The van der Waals surface area contributed by atoms with Crippen molar-refractivity contribution in [2.75, 3.05) is 12.9 Å². The Morgan fingerprint density at radius 3 is 2.53 bits per heavy atom. The van der Waals surface area contributed by atoms with E-state index in [-0.39, 0.29) is 18.6 Å². The third-order valence-corrected chi connectivity index (χ3v) is 4.38. The van der Waals surface area contributed by atoms with Crippen LogP contribution in [-0.4, -0.2) is 49.6 Å². The summed E-state index contributed by atoms with van der Waals surface area (Å²) in [4.78, 5) is 16.3. The van der Waals surface area contributed by atoms with E-state index in [1.54, 1.807) is 12.1 Å². The fourth-order valence-electron chi connectivity index (χ4n) is 2.47. The summed E-state index contributed by atoms with van der Waals surface area (Å²) in [5.41, 5.74) is 1.15. The summed E-state index contributed by atoms with van der Waals surface area (Å²) in [6.07, 6.45) is 0.0746. The number of benzene rings is 1. The lowest BCUT2D eigenvalue weighted by Gasteiger charge is -2.24. The topological polar surface area (TPSA) is 124 Å². The Hall–Kier alpha value is -2.69. The second-order valence-corrected chi connectivity index (χ2v) is 8.48. The van der Waals surface area contributed by atoms with Gasteiger partial charge in [0, 0.05) is 12.3 Å². The molecule has 2 aromatic rings. The smallest absolute Gasteiger partial charge is 0.407 e. The van der Waals surface area contributed by atoms with Crippen LogP contribution in [0.25, 0.3) is 0 Å². The molecule has 0 aliphatic rings. The van der Waals surface area contributed by atoms with Gasteiger partial charge in [-0.3, -0.25) is 4.18 Å². The number of hydrogen-bond acceptors (Lipinski definition) is 8. The third-order valence-electron chi connectivity index (χ3n) is 3.82. The van der Waals surface area contributed by atoms with Crippen molar-refractivity contribution >= 4 is 16.2 Å². The standard InChI is InChI=1S/C20H26N2O7S/c1-14(2)29-18-11-16(9-10-21-18)19(23)17(13-28-30(3,25)26)22-20(24)27-12-15-7-5-4-6-8-15/h4-11,14,17,19,23H,12-13H2,1-3H3,(H,22,24)/t17-,19?/m1/s1. The first-order valence-electron chi connectivity index (χ1n) is 9.26. The number of carbonyl (C=O) groups excluding carboxylic acids is 1. The van der Waals surface area contributed by atoms with E-state index in [1.165, 1.54) is 18.3 Å². The van der Waals surface area contributed by atoms with Gasteiger partial charge in [0.05, 0.1) is 25.0 Å². The Labute approximate surface area is 176 Å². The molecule has 2 atom stereocenters. The van der Waals surface area contributed by atoms with Crippen molar-refractivity contribution in [3.63, 3.8) is 0 Å². The number of nitrogens with zero attached hydrogens (tertiary/aromatic N) is 1. The zero-order chi connectivity index (χ0) is 22.1. The molecule has 0 aliphatic carbocycles. The zero-order valence-corrected chi connectivity index (χ0v) is 17.8. The number of ether oxygens (including phenoxy) is 2. The number of carbonyl (C=O) groups is 1. The normalized spacial score (nSPS) is 13.5. The molecule has 0 fully saturated rings. The van der Waals surface area contributed by atoms with Gasteiger partial charge in [-0.2, -0.15) is 8.42 Å². The number of amides is 1. The number of aromatic nitrogens is 1. The Bertz CT molecular complexity index is 920. The first kappa shape index (κ1) is 23.6. The summed E-state index contributed by atoms with van der Waals surface area (Å²) in [5, 5.41) is 13.2. The lowest BCUT2D eigenvalue weighted by Crippen LogP contribution is -2.43. The molecule has 0 saturated carbocycles. The molecule has 2 rings (SSSR count). The second-order valence-electron chi connectivity index (χ2n) is 6.84. The average molecular weight is 439 g/mol. The lowest BCUT2D eigenvalue weighted by atomic mass is 10.0. The zero-order valence-electron chi connectivity index (χ0n) is 17.0. The molecule has 2 N–H and O–H groups in total. The fourth-order valence-corrected chi connectivity index (χ4v) is 2.87. The minimum Gasteiger partial charge on any atom is -0.475 e. The molecule has 164 valence electrons. The van der Waals surface area contributed by atoms with E-state index in [0.29, 0.717) is 5.56 Å². The van der Waals surface area contributed by atoms with Crippen molar-refractivity contribution in [3.05, 3.63) is 59.8 Å². The van der Waals surface area contributed by atoms with E-state index in [0.717, 1.165) is 11.8 Å². The van der Waals surface area contributed by atoms with Gasteiger partial charge in [0.15, 0.2) is 0 Å². The Kier molecular flexibility index (Phi) is 8.58. The van der Waals surface area contributed by atoms with Crippen molar-refractivity contribution in [2.24, 2.45) is 0 Å². The van der Waals surface area contributed by atoms with Gasteiger partial charge in [0.1, 0.15) is 12.7 Å². The number of rotatable bonds is 10. The summed E-state index contributed by atoms with van der Waals surface area (Å²) in [5.74, 6) is 0.288. The van der Waals surface area contributed by atoms with Crippen LogP contribution in [0.3, 0.4) is 0 Å². The molecule has 30 heavy (non-hydrogen) atoms. The summed E-state index contributed by atoms with van der Waals surface area (Å²) in [6.45, 7) is 3.20. The van der Waals surface area contributed by atoms with E-state index < -0.39 is 35.0 Å². The van der Waals surface area contributed by atoms with Crippen molar-refractivity contribution in [1.29, 1.82) is 0 Å². The summed E-state index contributed by atoms with van der Waals surface area (Å²) in [7, 11) is -3.79. The predicted octanol–water partition coefficient (Wildman–Crippen LogP) is 2.17. The van der Waals surface area contributed by atoms with Gasteiger partial charge in [0.2, 0.25) is 5.88 Å². The number of aliphatic hydroxyl groups excluding tert-OH is 1. The van der Waals surface area contributed by atoms with Crippen molar-refractivity contribution < 1.29 is 32.0 Å². The molecular weight excluding hydrogens is 412 g/mol.